The molecule has 0 fully saturated rings. The van der Waals surface area contributed by atoms with Crippen molar-refractivity contribution in [3.8, 4) is 5.69 Å². The lowest BCUT2D eigenvalue weighted by Gasteiger charge is -2.28. The van der Waals surface area contributed by atoms with Crippen LogP contribution in [0.3, 0.4) is 0 Å². The van der Waals surface area contributed by atoms with E-state index >= 15 is 0 Å². The predicted octanol–water partition coefficient (Wildman–Crippen LogP) is 2.05. The molecule has 0 aliphatic heterocycles. The summed E-state index contributed by atoms with van der Waals surface area (Å²) >= 11 is 0. The van der Waals surface area contributed by atoms with Crippen molar-refractivity contribution < 1.29 is 4.79 Å². The van der Waals surface area contributed by atoms with Crippen molar-refractivity contribution in [2.45, 2.75) is 20.8 Å². The van der Waals surface area contributed by atoms with Gasteiger partial charge in [-0.3, -0.25) is 4.79 Å². The van der Waals surface area contributed by atoms with Crippen LogP contribution >= 0.6 is 12.4 Å². The van der Waals surface area contributed by atoms with Gasteiger partial charge >= 0.3 is 0 Å². The molecule has 0 saturated heterocycles. The quantitative estimate of drug-likeness (QED) is 0.905. The van der Waals surface area contributed by atoms with Crippen LogP contribution in [-0.2, 0) is 0 Å². The number of halogens is 1. The van der Waals surface area contributed by atoms with E-state index in [9.17, 15) is 4.79 Å². The van der Waals surface area contributed by atoms with Gasteiger partial charge < -0.3 is 10.6 Å². The SMILES string of the molecule is Cc1cccc(-n2cc(C(=O)N(C)CC(C)(C)CN)nn2)c1.Cl. The standard InChI is InChI=1S/C16H23N5O.ClH/c1-12-6-5-7-13(8-12)21-9-14(18-19-21)15(22)20(4)11-16(2,3)10-17;/h5-9H,10-11,17H2,1-4H3;1H. The van der Waals surface area contributed by atoms with E-state index in [-0.39, 0.29) is 23.7 Å². The maximum Gasteiger partial charge on any atom is 0.275 e. The van der Waals surface area contributed by atoms with Crippen LogP contribution in [0.4, 0.5) is 0 Å². The van der Waals surface area contributed by atoms with Crippen molar-refractivity contribution in [1.82, 2.24) is 19.9 Å². The summed E-state index contributed by atoms with van der Waals surface area (Å²) in [4.78, 5) is 14.1. The Bertz CT molecular complexity index is 668. The number of nitrogens with zero attached hydrogens (tertiary/aromatic N) is 4. The molecule has 0 aliphatic rings. The Morgan fingerprint density at radius 1 is 1.39 bits per heavy atom. The fourth-order valence-corrected chi connectivity index (χ4v) is 2.23. The van der Waals surface area contributed by atoms with E-state index in [1.807, 2.05) is 45.0 Å². The lowest BCUT2D eigenvalue weighted by atomic mass is 9.93. The molecule has 7 heteroatoms. The zero-order valence-corrected chi connectivity index (χ0v) is 14.8. The number of nitrogens with two attached hydrogens (primary N) is 1. The molecule has 2 aromatic rings. The minimum Gasteiger partial charge on any atom is -0.340 e. The highest BCUT2D eigenvalue weighted by atomic mass is 35.5. The van der Waals surface area contributed by atoms with E-state index < -0.39 is 0 Å². The van der Waals surface area contributed by atoms with Crippen LogP contribution in [0.15, 0.2) is 30.5 Å². The van der Waals surface area contributed by atoms with Crippen molar-refractivity contribution in [2.75, 3.05) is 20.1 Å². The zero-order valence-electron chi connectivity index (χ0n) is 14.0. The van der Waals surface area contributed by atoms with Gasteiger partial charge in [-0.05, 0) is 36.6 Å². The van der Waals surface area contributed by atoms with Crippen molar-refractivity contribution >= 4 is 18.3 Å². The molecule has 2 rings (SSSR count). The van der Waals surface area contributed by atoms with Gasteiger partial charge in [0.1, 0.15) is 0 Å². The summed E-state index contributed by atoms with van der Waals surface area (Å²) in [6, 6.07) is 7.88. The topological polar surface area (TPSA) is 77.0 Å². The number of carbonyl (C=O) groups excluding carboxylic acids is 1. The Kier molecular flexibility index (Phi) is 6.29. The normalized spacial score (nSPS) is 11.0. The Hall–Kier alpha value is -1.92. The smallest absolute Gasteiger partial charge is 0.275 e. The molecule has 0 atom stereocenters. The molecule has 0 radical (unpaired) electrons. The van der Waals surface area contributed by atoms with Gasteiger partial charge in [0, 0.05) is 13.6 Å². The van der Waals surface area contributed by atoms with E-state index in [1.54, 1.807) is 22.8 Å². The van der Waals surface area contributed by atoms with Crippen LogP contribution in [-0.4, -0.2) is 45.9 Å². The van der Waals surface area contributed by atoms with Crippen LogP contribution in [0.2, 0.25) is 0 Å². The predicted molar refractivity (Wildman–Crippen MR) is 93.1 cm³/mol. The first-order valence-electron chi connectivity index (χ1n) is 7.27. The maximum absolute atomic E-state index is 12.4. The van der Waals surface area contributed by atoms with Crippen LogP contribution in [0.5, 0.6) is 0 Å². The molecule has 0 saturated carbocycles. The number of amides is 1. The zero-order chi connectivity index (χ0) is 16.3. The molecule has 23 heavy (non-hydrogen) atoms. The molecule has 1 amide bonds. The summed E-state index contributed by atoms with van der Waals surface area (Å²) in [5, 5.41) is 8.03. The van der Waals surface area contributed by atoms with Gasteiger partial charge in [0.15, 0.2) is 5.69 Å². The highest BCUT2D eigenvalue weighted by Crippen LogP contribution is 2.15. The molecular weight excluding hydrogens is 314 g/mol. The number of aromatic nitrogens is 3. The third-order valence-corrected chi connectivity index (χ3v) is 3.54. The number of rotatable bonds is 5. The van der Waals surface area contributed by atoms with E-state index in [1.165, 1.54) is 0 Å². The van der Waals surface area contributed by atoms with Crippen LogP contribution in [0, 0.1) is 12.3 Å². The third kappa shape index (κ3) is 4.77. The second kappa shape index (κ2) is 7.57. The van der Waals surface area contributed by atoms with E-state index in [0.717, 1.165) is 11.3 Å². The summed E-state index contributed by atoms with van der Waals surface area (Å²) in [6.07, 6.45) is 1.66. The third-order valence-electron chi connectivity index (χ3n) is 3.54. The van der Waals surface area contributed by atoms with Gasteiger partial charge in [-0.25, -0.2) is 4.68 Å². The lowest BCUT2D eigenvalue weighted by molar-refractivity contribution is 0.0734. The Morgan fingerprint density at radius 2 is 2.09 bits per heavy atom. The average molecular weight is 338 g/mol. The first-order chi connectivity index (χ1) is 10.3. The average Bonchev–Trinajstić information content (AvgIpc) is 2.95. The minimum absolute atomic E-state index is 0. The summed E-state index contributed by atoms with van der Waals surface area (Å²) in [5.74, 6) is -0.152. The van der Waals surface area contributed by atoms with E-state index in [4.69, 9.17) is 5.73 Å². The molecule has 1 aromatic carbocycles. The lowest BCUT2D eigenvalue weighted by Crippen LogP contribution is -2.39. The fraction of sp³-hybridized carbons (Fsp3) is 0.438. The Balaban J connectivity index is 0.00000264. The van der Waals surface area contributed by atoms with Gasteiger partial charge in [0.2, 0.25) is 0 Å². The fourth-order valence-electron chi connectivity index (χ4n) is 2.23. The van der Waals surface area contributed by atoms with Gasteiger partial charge in [-0.2, -0.15) is 0 Å². The monoisotopic (exact) mass is 337 g/mol. The highest BCUT2D eigenvalue weighted by Gasteiger charge is 2.23. The second-order valence-electron chi connectivity index (χ2n) is 6.42. The molecule has 6 nitrogen and oxygen atoms in total. The molecular formula is C16H24ClN5O. The molecule has 2 N–H and O–H groups in total. The number of aryl methyl sites for hydroxylation is 1. The molecule has 126 valence electrons. The largest absolute Gasteiger partial charge is 0.340 e. The molecule has 0 unspecified atom stereocenters. The Labute approximate surface area is 143 Å². The summed E-state index contributed by atoms with van der Waals surface area (Å²) in [6.45, 7) is 7.15. The van der Waals surface area contributed by atoms with Crippen LogP contribution < -0.4 is 5.73 Å². The van der Waals surface area contributed by atoms with Gasteiger partial charge in [-0.1, -0.05) is 31.2 Å². The number of hydrogen-bond donors (Lipinski definition) is 1. The van der Waals surface area contributed by atoms with Gasteiger partial charge in [0.05, 0.1) is 11.9 Å². The minimum atomic E-state index is -0.152. The second-order valence-corrected chi connectivity index (χ2v) is 6.42. The Morgan fingerprint density at radius 3 is 2.70 bits per heavy atom. The first-order valence-corrected chi connectivity index (χ1v) is 7.27. The number of hydrogen-bond acceptors (Lipinski definition) is 4. The van der Waals surface area contributed by atoms with Crippen molar-refractivity contribution in [3.05, 3.63) is 41.7 Å². The summed E-state index contributed by atoms with van der Waals surface area (Å²) in [5.41, 5.74) is 7.93. The van der Waals surface area contributed by atoms with Crippen LogP contribution in [0.1, 0.15) is 29.9 Å². The first kappa shape index (κ1) is 19.1. The van der Waals surface area contributed by atoms with Crippen molar-refractivity contribution in [3.63, 3.8) is 0 Å². The molecule has 1 heterocycles. The highest BCUT2D eigenvalue weighted by molar-refractivity contribution is 5.91. The molecule has 1 aromatic heterocycles. The maximum atomic E-state index is 12.4. The van der Waals surface area contributed by atoms with E-state index in [2.05, 4.69) is 10.3 Å². The molecule has 0 aliphatic carbocycles. The number of benzene rings is 1. The van der Waals surface area contributed by atoms with Crippen LogP contribution in [0.25, 0.3) is 5.69 Å². The van der Waals surface area contributed by atoms with Gasteiger partial charge in [-0.15, -0.1) is 17.5 Å². The van der Waals surface area contributed by atoms with Crippen molar-refractivity contribution in [2.24, 2.45) is 11.1 Å². The summed E-state index contributed by atoms with van der Waals surface area (Å²) < 4.78 is 1.61. The van der Waals surface area contributed by atoms with Crippen molar-refractivity contribution in [1.29, 1.82) is 0 Å². The number of carbonyl (C=O) groups is 1. The molecule has 0 bridgehead atoms. The van der Waals surface area contributed by atoms with E-state index in [0.29, 0.717) is 18.8 Å². The summed E-state index contributed by atoms with van der Waals surface area (Å²) in [7, 11) is 1.76. The van der Waals surface area contributed by atoms with Gasteiger partial charge in [0.25, 0.3) is 5.91 Å². The molecule has 0 spiro atoms.